The Balaban J connectivity index is 1.84. The Morgan fingerprint density at radius 1 is 1.27 bits per heavy atom. The van der Waals surface area contributed by atoms with Crippen molar-refractivity contribution < 1.29 is 14.4 Å². The maximum absolute atomic E-state index is 12.8. The predicted molar refractivity (Wildman–Crippen MR) is 95.9 cm³/mol. The molecule has 1 aromatic carbocycles. The molecule has 26 heavy (non-hydrogen) atoms. The fourth-order valence-electron chi connectivity index (χ4n) is 3.24. The van der Waals surface area contributed by atoms with E-state index in [1.165, 1.54) is 4.90 Å². The van der Waals surface area contributed by atoms with Gasteiger partial charge in [0.25, 0.3) is 5.91 Å². The maximum atomic E-state index is 12.8. The number of carbonyl (C=O) groups is 3. The monoisotopic (exact) mass is 355 g/mol. The number of imide groups is 1. The maximum Gasteiger partial charge on any atom is 0.328 e. The lowest BCUT2D eigenvalue weighted by atomic mass is 10.1. The SMILES string of the molecule is Cc1n[nH]c(C)c1[C@@H](C)NC(=O)c1ccccc1N1CCC(=O)NC1=O. The molecule has 2 aromatic rings. The van der Waals surface area contributed by atoms with E-state index in [-0.39, 0.29) is 30.8 Å². The van der Waals surface area contributed by atoms with Gasteiger partial charge in [-0.25, -0.2) is 4.79 Å². The summed E-state index contributed by atoms with van der Waals surface area (Å²) in [6.07, 6.45) is 0.200. The number of carbonyl (C=O) groups excluding carboxylic acids is 3. The number of aryl methyl sites for hydroxylation is 2. The number of amides is 4. The van der Waals surface area contributed by atoms with Crippen molar-refractivity contribution in [3.8, 4) is 0 Å². The predicted octanol–water partition coefficient (Wildman–Crippen LogP) is 1.96. The number of para-hydroxylation sites is 1. The minimum atomic E-state index is -0.518. The topological polar surface area (TPSA) is 107 Å². The molecule has 0 radical (unpaired) electrons. The van der Waals surface area contributed by atoms with Crippen LogP contribution in [0.15, 0.2) is 24.3 Å². The number of nitrogens with one attached hydrogen (secondary N) is 3. The number of anilines is 1. The number of nitrogens with zero attached hydrogens (tertiary/aromatic N) is 2. The van der Waals surface area contributed by atoms with E-state index >= 15 is 0 Å². The molecule has 0 unspecified atom stereocenters. The Labute approximate surface area is 151 Å². The van der Waals surface area contributed by atoms with Crippen molar-refractivity contribution in [2.24, 2.45) is 0 Å². The van der Waals surface area contributed by atoms with Gasteiger partial charge in [0.05, 0.1) is 23.0 Å². The van der Waals surface area contributed by atoms with E-state index in [0.29, 0.717) is 11.3 Å². The van der Waals surface area contributed by atoms with E-state index < -0.39 is 6.03 Å². The van der Waals surface area contributed by atoms with Gasteiger partial charge in [0.15, 0.2) is 0 Å². The zero-order chi connectivity index (χ0) is 18.8. The fourth-order valence-corrected chi connectivity index (χ4v) is 3.24. The summed E-state index contributed by atoms with van der Waals surface area (Å²) in [6, 6.07) is 6.09. The van der Waals surface area contributed by atoms with Crippen LogP contribution in [-0.4, -0.2) is 34.6 Å². The van der Waals surface area contributed by atoms with Crippen LogP contribution in [0.5, 0.6) is 0 Å². The number of hydrogen-bond donors (Lipinski definition) is 3. The lowest BCUT2D eigenvalue weighted by Gasteiger charge is -2.28. The molecule has 1 aliphatic rings. The summed E-state index contributed by atoms with van der Waals surface area (Å²) in [5, 5.41) is 12.3. The summed E-state index contributed by atoms with van der Waals surface area (Å²) < 4.78 is 0. The van der Waals surface area contributed by atoms with E-state index in [1.807, 2.05) is 20.8 Å². The Morgan fingerprint density at radius 3 is 2.65 bits per heavy atom. The van der Waals surface area contributed by atoms with Crippen LogP contribution in [0.1, 0.15) is 46.7 Å². The molecule has 8 heteroatoms. The first-order valence-electron chi connectivity index (χ1n) is 8.41. The van der Waals surface area contributed by atoms with Gasteiger partial charge in [-0.05, 0) is 32.9 Å². The van der Waals surface area contributed by atoms with Crippen LogP contribution in [0.4, 0.5) is 10.5 Å². The van der Waals surface area contributed by atoms with Gasteiger partial charge in [-0.2, -0.15) is 5.10 Å². The van der Waals surface area contributed by atoms with Gasteiger partial charge in [0, 0.05) is 24.2 Å². The van der Waals surface area contributed by atoms with Crippen molar-refractivity contribution >= 4 is 23.5 Å². The van der Waals surface area contributed by atoms with Crippen LogP contribution in [-0.2, 0) is 4.79 Å². The van der Waals surface area contributed by atoms with Crippen LogP contribution in [0, 0.1) is 13.8 Å². The Kier molecular flexibility index (Phi) is 4.75. The van der Waals surface area contributed by atoms with E-state index in [4.69, 9.17) is 0 Å². The molecule has 1 aromatic heterocycles. The molecule has 4 amide bonds. The molecule has 0 aliphatic carbocycles. The van der Waals surface area contributed by atoms with Gasteiger partial charge in [0.1, 0.15) is 0 Å². The first-order chi connectivity index (χ1) is 12.4. The van der Waals surface area contributed by atoms with Crippen LogP contribution >= 0.6 is 0 Å². The van der Waals surface area contributed by atoms with Gasteiger partial charge >= 0.3 is 6.03 Å². The normalized spacial score (nSPS) is 15.6. The lowest BCUT2D eigenvalue weighted by Crippen LogP contribution is -2.50. The quantitative estimate of drug-likeness (QED) is 0.779. The molecule has 1 fully saturated rings. The van der Waals surface area contributed by atoms with Crippen LogP contribution in [0.25, 0.3) is 0 Å². The summed E-state index contributed by atoms with van der Waals surface area (Å²) >= 11 is 0. The molecule has 3 rings (SSSR count). The fraction of sp³-hybridized carbons (Fsp3) is 0.333. The number of benzene rings is 1. The Hall–Kier alpha value is -3.16. The molecule has 1 saturated heterocycles. The van der Waals surface area contributed by atoms with Gasteiger partial charge in [-0.3, -0.25) is 24.9 Å². The second-order valence-electron chi connectivity index (χ2n) is 6.31. The zero-order valence-electron chi connectivity index (χ0n) is 14.9. The van der Waals surface area contributed by atoms with E-state index in [0.717, 1.165) is 17.0 Å². The Morgan fingerprint density at radius 2 is 2.00 bits per heavy atom. The van der Waals surface area contributed by atoms with Crippen LogP contribution in [0.2, 0.25) is 0 Å². The van der Waals surface area contributed by atoms with Crippen molar-refractivity contribution in [1.82, 2.24) is 20.8 Å². The minimum absolute atomic E-state index is 0.200. The molecule has 2 heterocycles. The van der Waals surface area contributed by atoms with Crippen molar-refractivity contribution in [2.45, 2.75) is 33.2 Å². The number of aromatic amines is 1. The van der Waals surface area contributed by atoms with Crippen LogP contribution < -0.4 is 15.5 Å². The first-order valence-corrected chi connectivity index (χ1v) is 8.41. The highest BCUT2D eigenvalue weighted by atomic mass is 16.2. The van der Waals surface area contributed by atoms with Crippen molar-refractivity contribution in [3.05, 3.63) is 46.8 Å². The summed E-state index contributed by atoms with van der Waals surface area (Å²) in [5.41, 5.74) is 3.53. The molecule has 136 valence electrons. The summed E-state index contributed by atoms with van der Waals surface area (Å²) in [7, 11) is 0. The van der Waals surface area contributed by atoms with Crippen molar-refractivity contribution in [1.29, 1.82) is 0 Å². The largest absolute Gasteiger partial charge is 0.345 e. The third-order valence-electron chi connectivity index (χ3n) is 4.46. The van der Waals surface area contributed by atoms with Gasteiger partial charge < -0.3 is 5.32 Å². The van der Waals surface area contributed by atoms with Crippen LogP contribution in [0.3, 0.4) is 0 Å². The van der Waals surface area contributed by atoms with E-state index in [9.17, 15) is 14.4 Å². The third kappa shape index (κ3) is 3.30. The molecule has 0 spiro atoms. The van der Waals surface area contributed by atoms with Crippen molar-refractivity contribution in [2.75, 3.05) is 11.4 Å². The number of hydrogen-bond acceptors (Lipinski definition) is 4. The van der Waals surface area contributed by atoms with Gasteiger partial charge in [-0.1, -0.05) is 12.1 Å². The Bertz CT molecular complexity index is 854. The smallest absolute Gasteiger partial charge is 0.328 e. The number of H-pyrrole nitrogens is 1. The van der Waals surface area contributed by atoms with Gasteiger partial charge in [0.2, 0.25) is 5.91 Å². The average Bonchev–Trinajstić information content (AvgIpc) is 2.93. The molecular weight excluding hydrogens is 334 g/mol. The minimum Gasteiger partial charge on any atom is -0.345 e. The van der Waals surface area contributed by atoms with E-state index in [2.05, 4.69) is 20.8 Å². The number of aromatic nitrogens is 2. The van der Waals surface area contributed by atoms with E-state index in [1.54, 1.807) is 24.3 Å². The second kappa shape index (κ2) is 6.99. The van der Waals surface area contributed by atoms with Gasteiger partial charge in [-0.15, -0.1) is 0 Å². The first kappa shape index (κ1) is 17.7. The summed E-state index contributed by atoms with van der Waals surface area (Å²) in [4.78, 5) is 37.7. The molecule has 1 atom stereocenters. The summed E-state index contributed by atoms with van der Waals surface area (Å²) in [6.45, 7) is 5.91. The molecule has 0 saturated carbocycles. The highest BCUT2D eigenvalue weighted by Gasteiger charge is 2.28. The zero-order valence-corrected chi connectivity index (χ0v) is 14.9. The molecule has 1 aliphatic heterocycles. The lowest BCUT2D eigenvalue weighted by molar-refractivity contribution is -0.120. The number of rotatable bonds is 4. The average molecular weight is 355 g/mol. The highest BCUT2D eigenvalue weighted by Crippen LogP contribution is 2.24. The number of urea groups is 1. The standard InChI is InChI=1S/C18H21N5O3/c1-10(16-11(2)21-22-12(16)3)19-17(25)13-6-4-5-7-14(13)23-9-8-15(24)20-18(23)26/h4-7,10H,8-9H2,1-3H3,(H,19,25)(H,21,22)(H,20,24,26)/t10-/m1/s1. The molecular formula is C18H21N5O3. The second-order valence-corrected chi connectivity index (χ2v) is 6.31. The molecule has 0 bridgehead atoms. The summed E-state index contributed by atoms with van der Waals surface area (Å²) in [5.74, 6) is -0.606. The third-order valence-corrected chi connectivity index (χ3v) is 4.46. The molecule has 8 nitrogen and oxygen atoms in total. The molecule has 3 N–H and O–H groups in total. The van der Waals surface area contributed by atoms with Crippen molar-refractivity contribution in [3.63, 3.8) is 0 Å². The highest BCUT2D eigenvalue weighted by molar-refractivity contribution is 6.09.